The molecule has 0 saturated heterocycles. The number of carbonyl (C=O) groups is 1. The third kappa shape index (κ3) is 4.16. The van der Waals surface area contributed by atoms with E-state index >= 15 is 0 Å². The second-order valence-electron chi connectivity index (χ2n) is 6.23. The van der Waals surface area contributed by atoms with Gasteiger partial charge in [-0.2, -0.15) is 0 Å². The molecule has 0 radical (unpaired) electrons. The van der Waals surface area contributed by atoms with Crippen molar-refractivity contribution < 1.29 is 4.79 Å². The lowest BCUT2D eigenvalue weighted by Gasteiger charge is -2.15. The molecule has 0 spiro atoms. The number of hydrogen-bond donors (Lipinski definition) is 1. The zero-order valence-corrected chi connectivity index (χ0v) is 16.9. The Labute approximate surface area is 161 Å². The summed E-state index contributed by atoms with van der Waals surface area (Å²) in [6.07, 6.45) is 0.755. The van der Waals surface area contributed by atoms with Crippen molar-refractivity contribution in [1.82, 2.24) is 14.8 Å². The van der Waals surface area contributed by atoms with E-state index in [9.17, 15) is 4.79 Å². The molecule has 0 saturated carbocycles. The summed E-state index contributed by atoms with van der Waals surface area (Å²) in [7, 11) is 1.95. The Morgan fingerprint density at radius 3 is 2.62 bits per heavy atom. The van der Waals surface area contributed by atoms with E-state index in [-0.39, 0.29) is 11.2 Å². The number of thiophene rings is 1. The highest BCUT2D eigenvalue weighted by Gasteiger charge is 2.20. The Morgan fingerprint density at radius 1 is 1.23 bits per heavy atom. The molecular weight excluding hydrogens is 364 g/mol. The topological polar surface area (TPSA) is 59.8 Å². The van der Waals surface area contributed by atoms with Crippen LogP contribution in [0.5, 0.6) is 0 Å². The molecule has 0 aliphatic carbocycles. The SMILES string of the molecule is Cc1cccc(C)c1NC(=O)[C@@H](C)Sc1nnc(Cc2cccs2)n1C. The van der Waals surface area contributed by atoms with Gasteiger partial charge in [0.25, 0.3) is 0 Å². The molecule has 5 nitrogen and oxygen atoms in total. The molecule has 0 bridgehead atoms. The van der Waals surface area contributed by atoms with Gasteiger partial charge in [0.1, 0.15) is 5.82 Å². The van der Waals surface area contributed by atoms with E-state index in [1.807, 2.05) is 56.7 Å². The van der Waals surface area contributed by atoms with Crippen molar-refractivity contribution in [3.8, 4) is 0 Å². The van der Waals surface area contributed by atoms with Crippen LogP contribution in [-0.2, 0) is 18.3 Å². The molecule has 26 heavy (non-hydrogen) atoms. The smallest absolute Gasteiger partial charge is 0.237 e. The maximum absolute atomic E-state index is 12.6. The Morgan fingerprint density at radius 2 is 1.96 bits per heavy atom. The number of aryl methyl sites for hydroxylation is 2. The van der Waals surface area contributed by atoms with Gasteiger partial charge in [-0.05, 0) is 43.3 Å². The summed E-state index contributed by atoms with van der Waals surface area (Å²) in [4.78, 5) is 13.9. The van der Waals surface area contributed by atoms with Gasteiger partial charge in [0, 0.05) is 24.0 Å². The Bertz CT molecular complexity index is 882. The lowest BCUT2D eigenvalue weighted by atomic mass is 10.1. The monoisotopic (exact) mass is 386 g/mol. The van der Waals surface area contributed by atoms with Gasteiger partial charge in [0.05, 0.1) is 5.25 Å². The normalized spacial score (nSPS) is 12.2. The van der Waals surface area contributed by atoms with E-state index in [4.69, 9.17) is 0 Å². The van der Waals surface area contributed by atoms with Crippen LogP contribution in [0.2, 0.25) is 0 Å². The van der Waals surface area contributed by atoms with Crippen molar-refractivity contribution in [3.05, 3.63) is 57.5 Å². The average molecular weight is 387 g/mol. The summed E-state index contributed by atoms with van der Waals surface area (Å²) in [5.74, 6) is 0.868. The number of rotatable bonds is 6. The number of hydrogen-bond acceptors (Lipinski definition) is 5. The first-order chi connectivity index (χ1) is 12.5. The molecule has 3 rings (SSSR count). The number of nitrogens with one attached hydrogen (secondary N) is 1. The van der Waals surface area contributed by atoms with Crippen LogP contribution >= 0.6 is 23.1 Å². The van der Waals surface area contributed by atoms with E-state index in [0.29, 0.717) is 0 Å². The standard InChI is InChI=1S/C19H22N4OS2/c1-12-7-5-8-13(2)17(12)20-18(24)14(3)26-19-22-21-16(23(19)4)11-15-9-6-10-25-15/h5-10,14H,11H2,1-4H3,(H,20,24)/t14-/m1/s1. The first-order valence-corrected chi connectivity index (χ1v) is 10.2. The predicted molar refractivity (Wildman–Crippen MR) is 108 cm³/mol. The second kappa shape index (κ2) is 8.05. The number of carbonyl (C=O) groups excluding carboxylic acids is 1. The van der Waals surface area contributed by atoms with Crippen molar-refractivity contribution in [1.29, 1.82) is 0 Å². The zero-order valence-electron chi connectivity index (χ0n) is 15.3. The largest absolute Gasteiger partial charge is 0.325 e. The Hall–Kier alpha value is -2.12. The average Bonchev–Trinajstić information content (AvgIpc) is 3.23. The molecule has 136 valence electrons. The number of amides is 1. The van der Waals surface area contributed by atoms with Gasteiger partial charge in [0.2, 0.25) is 5.91 Å². The third-order valence-electron chi connectivity index (χ3n) is 4.22. The van der Waals surface area contributed by atoms with Crippen molar-refractivity contribution in [2.45, 2.75) is 37.6 Å². The summed E-state index contributed by atoms with van der Waals surface area (Å²) in [6.45, 7) is 5.89. The maximum atomic E-state index is 12.6. The van der Waals surface area contributed by atoms with Crippen LogP contribution in [0.4, 0.5) is 5.69 Å². The lowest BCUT2D eigenvalue weighted by molar-refractivity contribution is -0.115. The molecule has 1 amide bonds. The van der Waals surface area contributed by atoms with Crippen LogP contribution in [0.15, 0.2) is 40.9 Å². The minimum absolute atomic E-state index is 0.0322. The molecule has 2 aromatic heterocycles. The summed E-state index contributed by atoms with van der Waals surface area (Å²) < 4.78 is 1.97. The Balaban J connectivity index is 1.67. The number of para-hydroxylation sites is 1. The van der Waals surface area contributed by atoms with Crippen molar-refractivity contribution in [2.24, 2.45) is 7.05 Å². The molecule has 1 aromatic carbocycles. The molecule has 1 atom stereocenters. The van der Waals surface area contributed by atoms with Crippen LogP contribution < -0.4 is 5.32 Å². The van der Waals surface area contributed by atoms with Gasteiger partial charge in [-0.3, -0.25) is 4.79 Å². The van der Waals surface area contributed by atoms with Crippen molar-refractivity contribution in [3.63, 3.8) is 0 Å². The van der Waals surface area contributed by atoms with Gasteiger partial charge in [-0.25, -0.2) is 0 Å². The molecule has 3 aromatic rings. The van der Waals surface area contributed by atoms with Crippen LogP contribution in [0, 0.1) is 13.8 Å². The minimum atomic E-state index is -0.272. The van der Waals surface area contributed by atoms with Gasteiger partial charge in [-0.1, -0.05) is 36.0 Å². The highest BCUT2D eigenvalue weighted by molar-refractivity contribution is 8.00. The van der Waals surface area contributed by atoms with E-state index in [2.05, 4.69) is 27.0 Å². The molecule has 0 aliphatic heterocycles. The number of aromatic nitrogens is 3. The molecular formula is C19H22N4OS2. The van der Waals surface area contributed by atoms with E-state index in [0.717, 1.165) is 34.2 Å². The summed E-state index contributed by atoms with van der Waals surface area (Å²) in [5.41, 5.74) is 3.01. The third-order valence-corrected chi connectivity index (χ3v) is 6.23. The number of thioether (sulfide) groups is 1. The lowest BCUT2D eigenvalue weighted by Crippen LogP contribution is -2.23. The minimum Gasteiger partial charge on any atom is -0.325 e. The molecule has 1 N–H and O–H groups in total. The summed E-state index contributed by atoms with van der Waals surface area (Å²) in [6, 6.07) is 10.1. The summed E-state index contributed by atoms with van der Waals surface area (Å²) >= 11 is 3.13. The van der Waals surface area contributed by atoms with E-state index in [1.165, 1.54) is 16.6 Å². The first-order valence-electron chi connectivity index (χ1n) is 8.40. The molecule has 0 fully saturated rings. The maximum Gasteiger partial charge on any atom is 0.237 e. The number of benzene rings is 1. The quantitative estimate of drug-likeness (QED) is 0.645. The zero-order chi connectivity index (χ0) is 18.7. The van der Waals surface area contributed by atoms with E-state index < -0.39 is 0 Å². The molecule has 0 aliphatic rings. The number of nitrogens with zero attached hydrogens (tertiary/aromatic N) is 3. The highest BCUT2D eigenvalue weighted by Crippen LogP contribution is 2.25. The fraction of sp³-hybridized carbons (Fsp3) is 0.316. The first kappa shape index (κ1) is 18.7. The van der Waals surface area contributed by atoms with Crippen LogP contribution in [0.3, 0.4) is 0 Å². The second-order valence-corrected chi connectivity index (χ2v) is 8.57. The van der Waals surface area contributed by atoms with Crippen LogP contribution in [0.1, 0.15) is 28.8 Å². The fourth-order valence-corrected chi connectivity index (χ4v) is 4.15. The Kier molecular flexibility index (Phi) is 5.78. The van der Waals surface area contributed by atoms with E-state index in [1.54, 1.807) is 11.3 Å². The number of anilines is 1. The van der Waals surface area contributed by atoms with Crippen LogP contribution in [-0.4, -0.2) is 25.9 Å². The van der Waals surface area contributed by atoms with Crippen molar-refractivity contribution >= 4 is 34.7 Å². The van der Waals surface area contributed by atoms with Crippen molar-refractivity contribution in [2.75, 3.05) is 5.32 Å². The van der Waals surface area contributed by atoms with Gasteiger partial charge in [0.15, 0.2) is 5.16 Å². The van der Waals surface area contributed by atoms with Gasteiger partial charge in [-0.15, -0.1) is 21.5 Å². The summed E-state index contributed by atoms with van der Waals surface area (Å²) in [5, 5.41) is 14.1. The molecule has 7 heteroatoms. The fourth-order valence-electron chi connectivity index (χ4n) is 2.62. The van der Waals surface area contributed by atoms with Gasteiger partial charge >= 0.3 is 0 Å². The predicted octanol–water partition coefficient (Wildman–Crippen LogP) is 4.20. The molecule has 2 heterocycles. The van der Waals surface area contributed by atoms with Gasteiger partial charge < -0.3 is 9.88 Å². The van der Waals surface area contributed by atoms with Crippen LogP contribution in [0.25, 0.3) is 0 Å². The highest BCUT2D eigenvalue weighted by atomic mass is 32.2. The molecule has 0 unspecified atom stereocenters.